The molecule has 0 aliphatic carbocycles. The molecular weight excluding hydrogens is 318 g/mol. The molecule has 1 amide bonds. The van der Waals surface area contributed by atoms with E-state index in [0.29, 0.717) is 23.7 Å². The van der Waals surface area contributed by atoms with E-state index in [-0.39, 0.29) is 17.6 Å². The molecule has 1 aromatic heterocycles. The number of ketones is 1. The highest BCUT2D eigenvalue weighted by Gasteiger charge is 2.28. The molecule has 1 aliphatic rings. The third kappa shape index (κ3) is 3.23. The van der Waals surface area contributed by atoms with Gasteiger partial charge in [-0.2, -0.15) is 0 Å². The summed E-state index contributed by atoms with van der Waals surface area (Å²) < 4.78 is 0. The number of halogens is 1. The van der Waals surface area contributed by atoms with Crippen molar-refractivity contribution in [1.82, 2.24) is 4.90 Å². The van der Waals surface area contributed by atoms with Gasteiger partial charge in [-0.25, -0.2) is 0 Å². The van der Waals surface area contributed by atoms with Crippen molar-refractivity contribution in [3.05, 3.63) is 57.2 Å². The van der Waals surface area contributed by atoms with Crippen LogP contribution in [0.1, 0.15) is 32.9 Å². The van der Waals surface area contributed by atoms with Gasteiger partial charge in [-0.05, 0) is 48.6 Å². The molecule has 2 aromatic rings. The summed E-state index contributed by atoms with van der Waals surface area (Å²) in [4.78, 5) is 27.4. The van der Waals surface area contributed by atoms with Crippen molar-refractivity contribution >= 4 is 34.6 Å². The summed E-state index contributed by atoms with van der Waals surface area (Å²) in [5, 5.41) is 2.55. The maximum Gasteiger partial charge on any atom is 0.253 e. The Morgan fingerprint density at radius 3 is 2.36 bits per heavy atom. The first-order valence-electron chi connectivity index (χ1n) is 7.27. The number of benzene rings is 1. The molecule has 3 rings (SSSR count). The number of carbonyl (C=O) groups excluding carboxylic acids is 2. The molecule has 5 heteroatoms. The number of likely N-dealkylation sites (tertiary alicyclic amines) is 1. The van der Waals surface area contributed by atoms with Crippen molar-refractivity contribution in [3.8, 4) is 0 Å². The summed E-state index contributed by atoms with van der Waals surface area (Å²) in [6, 6.07) is 10.7. The monoisotopic (exact) mass is 333 g/mol. The lowest BCUT2D eigenvalue weighted by molar-refractivity contribution is 0.0651. The molecular formula is C17H16ClNO2S. The minimum Gasteiger partial charge on any atom is -0.339 e. The summed E-state index contributed by atoms with van der Waals surface area (Å²) in [6.07, 6.45) is 1.46. The summed E-state index contributed by atoms with van der Waals surface area (Å²) in [6.45, 7) is 1.26. The minimum absolute atomic E-state index is 0.0127. The van der Waals surface area contributed by atoms with Crippen LogP contribution in [0.2, 0.25) is 5.02 Å². The van der Waals surface area contributed by atoms with Crippen LogP contribution >= 0.6 is 22.9 Å². The van der Waals surface area contributed by atoms with Gasteiger partial charge >= 0.3 is 0 Å². The molecule has 3 nitrogen and oxygen atoms in total. The lowest BCUT2D eigenvalue weighted by atomic mass is 9.91. The second-order valence-electron chi connectivity index (χ2n) is 5.41. The second kappa shape index (κ2) is 6.63. The van der Waals surface area contributed by atoms with Crippen LogP contribution in [0.15, 0.2) is 41.8 Å². The van der Waals surface area contributed by atoms with Crippen molar-refractivity contribution in [3.63, 3.8) is 0 Å². The van der Waals surface area contributed by atoms with E-state index in [1.54, 1.807) is 24.3 Å². The van der Waals surface area contributed by atoms with Gasteiger partial charge in [-0.3, -0.25) is 9.59 Å². The smallest absolute Gasteiger partial charge is 0.253 e. The van der Waals surface area contributed by atoms with E-state index in [2.05, 4.69) is 0 Å². The molecule has 114 valence electrons. The molecule has 1 fully saturated rings. The van der Waals surface area contributed by atoms with E-state index in [9.17, 15) is 9.59 Å². The maximum absolute atomic E-state index is 12.4. The largest absolute Gasteiger partial charge is 0.339 e. The van der Waals surface area contributed by atoms with E-state index in [1.165, 1.54) is 11.3 Å². The minimum atomic E-state index is 0.0127. The zero-order valence-corrected chi connectivity index (χ0v) is 13.6. The summed E-state index contributed by atoms with van der Waals surface area (Å²) in [7, 11) is 0. The predicted molar refractivity (Wildman–Crippen MR) is 88.7 cm³/mol. The Labute approximate surface area is 138 Å². The number of nitrogens with zero attached hydrogens (tertiary/aromatic N) is 1. The van der Waals surface area contributed by atoms with Gasteiger partial charge in [-0.15, -0.1) is 11.3 Å². The molecule has 0 radical (unpaired) electrons. The van der Waals surface area contributed by atoms with Crippen molar-refractivity contribution < 1.29 is 9.59 Å². The first-order chi connectivity index (χ1) is 10.6. The molecule has 1 aromatic carbocycles. The molecule has 2 heterocycles. The normalized spacial score (nSPS) is 15.8. The van der Waals surface area contributed by atoms with E-state index in [4.69, 9.17) is 11.6 Å². The molecule has 1 aliphatic heterocycles. The Kier molecular flexibility index (Phi) is 4.60. The van der Waals surface area contributed by atoms with Crippen molar-refractivity contribution in [1.29, 1.82) is 0 Å². The fourth-order valence-corrected chi connectivity index (χ4v) is 3.61. The molecule has 0 saturated carbocycles. The van der Waals surface area contributed by atoms with Crippen LogP contribution in [-0.2, 0) is 0 Å². The van der Waals surface area contributed by atoms with Crippen molar-refractivity contribution in [2.75, 3.05) is 13.1 Å². The van der Waals surface area contributed by atoms with E-state index >= 15 is 0 Å². The first-order valence-corrected chi connectivity index (χ1v) is 8.53. The number of rotatable bonds is 3. The molecule has 0 atom stereocenters. The van der Waals surface area contributed by atoms with Crippen LogP contribution in [0.3, 0.4) is 0 Å². The number of hydrogen-bond acceptors (Lipinski definition) is 3. The summed E-state index contributed by atoms with van der Waals surface area (Å²) in [5.74, 6) is 0.264. The highest BCUT2D eigenvalue weighted by Crippen LogP contribution is 2.25. The summed E-state index contributed by atoms with van der Waals surface area (Å²) in [5.41, 5.74) is 0.646. The molecule has 0 unspecified atom stereocenters. The van der Waals surface area contributed by atoms with E-state index in [1.807, 2.05) is 22.4 Å². The quantitative estimate of drug-likeness (QED) is 0.792. The topological polar surface area (TPSA) is 37.4 Å². The predicted octanol–water partition coefficient (Wildman–Crippen LogP) is 4.14. The SMILES string of the molecule is O=C(c1cccs1)C1CCN(C(=O)c2ccc(Cl)cc2)CC1. The van der Waals surface area contributed by atoms with Crippen molar-refractivity contribution in [2.45, 2.75) is 12.8 Å². The van der Waals surface area contributed by atoms with Crippen LogP contribution in [-0.4, -0.2) is 29.7 Å². The Hall–Kier alpha value is -1.65. The van der Waals surface area contributed by atoms with Gasteiger partial charge in [0.2, 0.25) is 0 Å². The van der Waals surface area contributed by atoms with Crippen LogP contribution < -0.4 is 0 Å². The van der Waals surface area contributed by atoms with Crippen LogP contribution in [0.25, 0.3) is 0 Å². The fourth-order valence-electron chi connectivity index (χ4n) is 2.74. The van der Waals surface area contributed by atoms with Gasteiger partial charge in [0, 0.05) is 29.6 Å². The summed E-state index contributed by atoms with van der Waals surface area (Å²) >= 11 is 7.33. The van der Waals surface area contributed by atoms with Gasteiger partial charge in [0.05, 0.1) is 4.88 Å². The molecule has 1 saturated heterocycles. The number of carbonyl (C=O) groups is 2. The van der Waals surface area contributed by atoms with Crippen LogP contribution in [0, 0.1) is 5.92 Å². The first kappa shape index (κ1) is 15.3. The zero-order valence-electron chi connectivity index (χ0n) is 12.0. The van der Waals surface area contributed by atoms with Gasteiger partial charge in [0.15, 0.2) is 5.78 Å². The zero-order chi connectivity index (χ0) is 15.5. The van der Waals surface area contributed by atoms with E-state index in [0.717, 1.165) is 17.7 Å². The van der Waals surface area contributed by atoms with Gasteiger partial charge in [0.25, 0.3) is 5.91 Å². The Morgan fingerprint density at radius 2 is 1.77 bits per heavy atom. The lowest BCUT2D eigenvalue weighted by Crippen LogP contribution is -2.40. The average molecular weight is 334 g/mol. The number of Topliss-reactive ketones (excluding diaryl/α,β-unsaturated/α-hetero) is 1. The van der Waals surface area contributed by atoms with E-state index < -0.39 is 0 Å². The molecule has 22 heavy (non-hydrogen) atoms. The van der Waals surface area contributed by atoms with Gasteiger partial charge in [0.1, 0.15) is 0 Å². The lowest BCUT2D eigenvalue weighted by Gasteiger charge is -2.31. The Balaban J connectivity index is 1.60. The third-order valence-electron chi connectivity index (χ3n) is 4.01. The van der Waals surface area contributed by atoms with Gasteiger partial charge < -0.3 is 4.90 Å². The average Bonchev–Trinajstić information content (AvgIpc) is 3.09. The van der Waals surface area contributed by atoms with Crippen molar-refractivity contribution in [2.24, 2.45) is 5.92 Å². The highest BCUT2D eigenvalue weighted by atomic mass is 35.5. The van der Waals surface area contributed by atoms with Crippen LogP contribution in [0.5, 0.6) is 0 Å². The van der Waals surface area contributed by atoms with Gasteiger partial charge in [-0.1, -0.05) is 17.7 Å². The Bertz CT molecular complexity index is 658. The maximum atomic E-state index is 12.4. The number of thiophene rings is 1. The standard InChI is InChI=1S/C17H16ClNO2S/c18-14-5-3-13(4-6-14)17(21)19-9-7-12(8-10-19)16(20)15-2-1-11-22-15/h1-6,11-12H,7-10H2. The highest BCUT2D eigenvalue weighted by molar-refractivity contribution is 7.12. The second-order valence-corrected chi connectivity index (χ2v) is 6.80. The Morgan fingerprint density at radius 1 is 1.09 bits per heavy atom. The third-order valence-corrected chi connectivity index (χ3v) is 5.14. The number of piperidine rings is 1. The fraction of sp³-hybridized carbons (Fsp3) is 0.294. The number of hydrogen-bond donors (Lipinski definition) is 0. The molecule has 0 N–H and O–H groups in total. The van der Waals surface area contributed by atoms with Crippen LogP contribution in [0.4, 0.5) is 0 Å². The molecule has 0 bridgehead atoms. The molecule has 0 spiro atoms. The number of amides is 1.